The maximum absolute atomic E-state index is 13.0. The average Bonchev–Trinajstić information content (AvgIpc) is 2.71. The minimum atomic E-state index is -0.343. The van der Waals surface area contributed by atoms with Crippen LogP contribution < -0.4 is 20.4 Å². The molecule has 0 aliphatic carbocycles. The fraction of sp³-hybridized carbons (Fsp3) is 0.333. The molecule has 4 N–H and O–H groups in total. The van der Waals surface area contributed by atoms with Gasteiger partial charge in [-0.15, -0.1) is 0 Å². The summed E-state index contributed by atoms with van der Waals surface area (Å²) in [5.74, 6) is -0.907. The van der Waals surface area contributed by atoms with Crippen molar-refractivity contribution in [3.8, 4) is 0 Å². The molecule has 0 aromatic heterocycles. The summed E-state index contributed by atoms with van der Waals surface area (Å²) in [4.78, 5) is 27.0. The minimum absolute atomic E-state index is 0.107. The molecule has 29 heavy (non-hydrogen) atoms. The standard InChI is InChI=1S/C21H24F2N4O2/c1-15(21(29)25-19-8-4-17(23)5-9-19)27-12-10-26(11-13-27)14-20(28)24-18-6-2-16(22)3-7-18/h2-9,15H,10-14H2,1H3,(H,24,28)(H,25,29)/p+2/t15-/m1/s1. The third kappa shape index (κ3) is 6.07. The van der Waals surface area contributed by atoms with Crippen molar-refractivity contribution >= 4 is 23.2 Å². The molecule has 1 saturated heterocycles. The van der Waals surface area contributed by atoms with E-state index in [4.69, 9.17) is 0 Å². The summed E-state index contributed by atoms with van der Waals surface area (Å²) in [6.07, 6.45) is 0. The summed E-state index contributed by atoms with van der Waals surface area (Å²) in [5.41, 5.74) is 1.15. The Morgan fingerprint density at radius 3 is 1.86 bits per heavy atom. The quantitative estimate of drug-likeness (QED) is 0.535. The Hall–Kier alpha value is -2.84. The van der Waals surface area contributed by atoms with Crippen molar-refractivity contribution in [1.29, 1.82) is 0 Å². The van der Waals surface area contributed by atoms with Gasteiger partial charge in [0, 0.05) is 11.4 Å². The first kappa shape index (κ1) is 20.9. The maximum atomic E-state index is 13.0. The topological polar surface area (TPSA) is 67.1 Å². The zero-order chi connectivity index (χ0) is 20.8. The molecule has 6 nitrogen and oxygen atoms in total. The summed E-state index contributed by atoms with van der Waals surface area (Å²) in [7, 11) is 0. The molecule has 2 amide bonds. The maximum Gasteiger partial charge on any atom is 0.282 e. The molecule has 0 unspecified atom stereocenters. The van der Waals surface area contributed by atoms with Crippen LogP contribution in [-0.4, -0.2) is 50.6 Å². The summed E-state index contributed by atoms with van der Waals surface area (Å²) in [6, 6.07) is 11.1. The molecule has 3 rings (SSSR count). The van der Waals surface area contributed by atoms with Crippen LogP contribution in [0.5, 0.6) is 0 Å². The highest BCUT2D eigenvalue weighted by atomic mass is 19.1. The van der Waals surface area contributed by atoms with Gasteiger partial charge in [0.1, 0.15) is 37.8 Å². The lowest BCUT2D eigenvalue weighted by atomic mass is 10.2. The Bertz CT molecular complexity index is 835. The van der Waals surface area contributed by atoms with Crippen molar-refractivity contribution in [2.75, 3.05) is 43.4 Å². The molecule has 1 heterocycles. The number of amides is 2. The van der Waals surface area contributed by atoms with Crippen molar-refractivity contribution in [1.82, 2.24) is 0 Å². The number of piperazine rings is 1. The number of nitrogens with one attached hydrogen (secondary N) is 4. The number of benzene rings is 2. The van der Waals surface area contributed by atoms with Crippen LogP contribution in [0.3, 0.4) is 0 Å². The number of quaternary nitrogens is 2. The molecule has 2 aromatic rings. The van der Waals surface area contributed by atoms with Crippen molar-refractivity contribution < 1.29 is 28.2 Å². The Labute approximate surface area is 168 Å². The summed E-state index contributed by atoms with van der Waals surface area (Å²) in [6.45, 7) is 5.32. The van der Waals surface area contributed by atoms with Gasteiger partial charge in [-0.1, -0.05) is 0 Å². The molecule has 8 heteroatoms. The summed E-state index contributed by atoms with van der Waals surface area (Å²) >= 11 is 0. The zero-order valence-corrected chi connectivity index (χ0v) is 16.3. The van der Waals surface area contributed by atoms with E-state index in [-0.39, 0.29) is 29.5 Å². The first-order valence-corrected chi connectivity index (χ1v) is 9.70. The van der Waals surface area contributed by atoms with Crippen LogP contribution in [-0.2, 0) is 9.59 Å². The highest BCUT2D eigenvalue weighted by Crippen LogP contribution is 2.08. The van der Waals surface area contributed by atoms with Gasteiger partial charge in [-0.3, -0.25) is 9.59 Å². The highest BCUT2D eigenvalue weighted by molar-refractivity contribution is 5.93. The molecule has 0 bridgehead atoms. The smallest absolute Gasteiger partial charge is 0.282 e. The van der Waals surface area contributed by atoms with Gasteiger partial charge in [-0.2, -0.15) is 0 Å². The second-order valence-corrected chi connectivity index (χ2v) is 7.36. The van der Waals surface area contributed by atoms with E-state index in [0.29, 0.717) is 17.9 Å². The Morgan fingerprint density at radius 2 is 1.34 bits per heavy atom. The Kier molecular flexibility index (Phi) is 6.90. The molecule has 1 aliphatic heterocycles. The van der Waals surface area contributed by atoms with Gasteiger partial charge >= 0.3 is 0 Å². The van der Waals surface area contributed by atoms with Gasteiger partial charge in [0.2, 0.25) is 0 Å². The van der Waals surface area contributed by atoms with Gasteiger partial charge in [0.25, 0.3) is 11.8 Å². The normalized spacial score (nSPS) is 20.0. The molecule has 0 saturated carbocycles. The molecule has 1 fully saturated rings. The lowest BCUT2D eigenvalue weighted by molar-refractivity contribution is -1.01. The fourth-order valence-corrected chi connectivity index (χ4v) is 3.47. The number of halogens is 2. The van der Waals surface area contributed by atoms with E-state index >= 15 is 0 Å². The monoisotopic (exact) mass is 404 g/mol. The molecule has 1 aliphatic rings. The second-order valence-electron chi connectivity index (χ2n) is 7.36. The van der Waals surface area contributed by atoms with E-state index in [9.17, 15) is 18.4 Å². The summed E-state index contributed by atoms with van der Waals surface area (Å²) in [5, 5.41) is 5.59. The van der Waals surface area contributed by atoms with Crippen LogP contribution in [0.4, 0.5) is 20.2 Å². The van der Waals surface area contributed by atoms with E-state index < -0.39 is 0 Å². The lowest BCUT2D eigenvalue weighted by Crippen LogP contribution is -3.30. The van der Waals surface area contributed by atoms with Crippen molar-refractivity contribution in [3.63, 3.8) is 0 Å². The molecule has 2 aromatic carbocycles. The van der Waals surface area contributed by atoms with Crippen LogP contribution in [0.25, 0.3) is 0 Å². The largest absolute Gasteiger partial charge is 0.321 e. The first-order valence-electron chi connectivity index (χ1n) is 9.70. The van der Waals surface area contributed by atoms with Crippen LogP contribution in [0.15, 0.2) is 48.5 Å². The lowest BCUT2D eigenvalue weighted by Gasteiger charge is -2.32. The second kappa shape index (κ2) is 9.58. The molecule has 1 atom stereocenters. The fourth-order valence-electron chi connectivity index (χ4n) is 3.47. The average molecular weight is 404 g/mol. The molecule has 154 valence electrons. The van der Waals surface area contributed by atoms with Crippen LogP contribution >= 0.6 is 0 Å². The molecular formula is C21H26F2N4O2+2. The number of hydrogen-bond acceptors (Lipinski definition) is 2. The third-order valence-electron chi connectivity index (χ3n) is 5.26. The molecule has 0 radical (unpaired) electrons. The number of hydrogen-bond donors (Lipinski definition) is 4. The van der Waals surface area contributed by atoms with E-state index in [1.165, 1.54) is 48.5 Å². The first-order chi connectivity index (χ1) is 13.9. The van der Waals surface area contributed by atoms with Crippen LogP contribution in [0.1, 0.15) is 6.92 Å². The Morgan fingerprint density at radius 1 is 0.862 bits per heavy atom. The van der Waals surface area contributed by atoms with E-state index in [2.05, 4.69) is 10.6 Å². The Balaban J connectivity index is 1.43. The number of carbonyl (C=O) groups excluding carboxylic acids is 2. The van der Waals surface area contributed by atoms with E-state index in [0.717, 1.165) is 36.0 Å². The van der Waals surface area contributed by atoms with Crippen molar-refractivity contribution in [3.05, 3.63) is 60.2 Å². The van der Waals surface area contributed by atoms with Gasteiger partial charge in [-0.05, 0) is 55.5 Å². The van der Waals surface area contributed by atoms with Crippen molar-refractivity contribution in [2.45, 2.75) is 13.0 Å². The summed E-state index contributed by atoms with van der Waals surface area (Å²) < 4.78 is 25.9. The van der Waals surface area contributed by atoms with Gasteiger partial charge in [0.15, 0.2) is 12.6 Å². The number of rotatable bonds is 6. The van der Waals surface area contributed by atoms with Gasteiger partial charge < -0.3 is 20.4 Å². The molecular weight excluding hydrogens is 378 g/mol. The zero-order valence-electron chi connectivity index (χ0n) is 16.3. The predicted molar refractivity (Wildman–Crippen MR) is 106 cm³/mol. The van der Waals surface area contributed by atoms with Crippen LogP contribution in [0, 0.1) is 11.6 Å². The number of anilines is 2. The van der Waals surface area contributed by atoms with Gasteiger partial charge in [0.05, 0.1) is 0 Å². The van der Waals surface area contributed by atoms with Crippen molar-refractivity contribution in [2.24, 2.45) is 0 Å². The van der Waals surface area contributed by atoms with E-state index in [1.807, 2.05) is 6.92 Å². The highest BCUT2D eigenvalue weighted by Gasteiger charge is 2.31. The predicted octanol–water partition coefficient (Wildman–Crippen LogP) is -0.286. The van der Waals surface area contributed by atoms with Crippen LogP contribution in [0.2, 0.25) is 0 Å². The SMILES string of the molecule is C[C@H](C(=O)Nc1ccc(F)cc1)[NH+]1CC[NH+](CC(=O)Nc2ccc(F)cc2)CC1. The number of carbonyl (C=O) groups is 2. The van der Waals surface area contributed by atoms with Gasteiger partial charge in [-0.25, -0.2) is 8.78 Å². The van der Waals surface area contributed by atoms with E-state index in [1.54, 1.807) is 0 Å². The third-order valence-corrected chi connectivity index (χ3v) is 5.26. The molecule has 0 spiro atoms. The minimum Gasteiger partial charge on any atom is -0.321 e.